The molecule has 2 rings (SSSR count). The predicted molar refractivity (Wildman–Crippen MR) is 105 cm³/mol. The number of aliphatic imine (C=N–C) groups is 1. The summed E-state index contributed by atoms with van der Waals surface area (Å²) in [5.41, 5.74) is 0.985. The molecule has 2 N–H and O–H groups in total. The van der Waals surface area contributed by atoms with E-state index in [1.54, 1.807) is 18.2 Å². The largest absolute Gasteiger partial charge is 0.393 e. The molecule has 1 aliphatic rings. The Morgan fingerprint density at radius 1 is 1.42 bits per heavy atom. The monoisotopic (exact) mass is 446 g/mol. The van der Waals surface area contributed by atoms with Crippen LogP contribution in [0.3, 0.4) is 0 Å². The average molecular weight is 446 g/mol. The molecule has 0 aromatic heterocycles. The smallest absolute Gasteiger partial charge is 0.269 e. The van der Waals surface area contributed by atoms with Crippen molar-refractivity contribution in [2.45, 2.75) is 25.5 Å². The van der Waals surface area contributed by atoms with E-state index in [0.717, 1.165) is 37.5 Å². The number of nitro groups is 1. The van der Waals surface area contributed by atoms with Crippen molar-refractivity contribution in [3.05, 3.63) is 52.6 Å². The van der Waals surface area contributed by atoms with Gasteiger partial charge in [-0.05, 0) is 18.4 Å². The summed E-state index contributed by atoms with van der Waals surface area (Å²) in [5, 5.41) is 23.5. The van der Waals surface area contributed by atoms with Gasteiger partial charge in [0, 0.05) is 31.8 Å². The first-order chi connectivity index (χ1) is 11.1. The number of guanidine groups is 1. The van der Waals surface area contributed by atoms with Gasteiger partial charge in [-0.25, -0.2) is 4.99 Å². The summed E-state index contributed by atoms with van der Waals surface area (Å²) in [7, 11) is 0. The van der Waals surface area contributed by atoms with Crippen molar-refractivity contribution in [1.82, 2.24) is 10.2 Å². The van der Waals surface area contributed by atoms with E-state index < -0.39 is 4.92 Å². The van der Waals surface area contributed by atoms with Gasteiger partial charge < -0.3 is 15.3 Å². The Morgan fingerprint density at radius 3 is 2.58 bits per heavy atom. The Labute approximate surface area is 158 Å². The number of hydrogen-bond donors (Lipinski definition) is 2. The second-order valence-electron chi connectivity index (χ2n) is 5.45. The normalized spacial score (nSPS) is 15.5. The van der Waals surface area contributed by atoms with Gasteiger partial charge in [-0.3, -0.25) is 10.1 Å². The van der Waals surface area contributed by atoms with Crippen molar-refractivity contribution in [1.29, 1.82) is 0 Å². The lowest BCUT2D eigenvalue weighted by atomic mass is 10.1. The number of likely N-dealkylation sites (tertiary alicyclic amines) is 1. The van der Waals surface area contributed by atoms with E-state index in [0.29, 0.717) is 13.1 Å². The highest BCUT2D eigenvalue weighted by Crippen LogP contribution is 2.14. The number of aliphatic hydroxyl groups is 1. The number of hydrogen-bond acceptors (Lipinski definition) is 4. The molecule has 1 aromatic carbocycles. The van der Waals surface area contributed by atoms with Crippen LogP contribution in [0.1, 0.15) is 18.4 Å². The summed E-state index contributed by atoms with van der Waals surface area (Å²) in [6, 6.07) is 6.40. The average Bonchev–Trinajstić information content (AvgIpc) is 2.56. The molecule has 7 nitrogen and oxygen atoms in total. The summed E-state index contributed by atoms with van der Waals surface area (Å²) < 4.78 is 0. The minimum Gasteiger partial charge on any atom is -0.393 e. The fourth-order valence-corrected chi connectivity index (χ4v) is 2.40. The predicted octanol–water partition coefficient (Wildman–Crippen LogP) is 2.30. The second-order valence-corrected chi connectivity index (χ2v) is 5.45. The molecule has 1 fully saturated rings. The van der Waals surface area contributed by atoms with E-state index in [1.165, 1.54) is 12.1 Å². The first kappa shape index (κ1) is 20.4. The Hall–Kier alpha value is -1.68. The van der Waals surface area contributed by atoms with Crippen LogP contribution < -0.4 is 5.32 Å². The van der Waals surface area contributed by atoms with Crippen molar-refractivity contribution >= 4 is 35.6 Å². The number of piperidine rings is 1. The van der Waals surface area contributed by atoms with Gasteiger partial charge >= 0.3 is 0 Å². The molecular formula is C16H23IN4O3. The Kier molecular flexibility index (Phi) is 8.69. The van der Waals surface area contributed by atoms with E-state index in [4.69, 9.17) is 0 Å². The summed E-state index contributed by atoms with van der Waals surface area (Å²) in [4.78, 5) is 16.9. The number of nitrogens with zero attached hydrogens (tertiary/aromatic N) is 3. The molecular weight excluding hydrogens is 423 g/mol. The lowest BCUT2D eigenvalue weighted by Crippen LogP contribution is -2.46. The molecule has 0 spiro atoms. The van der Waals surface area contributed by atoms with Crippen LogP contribution in [-0.4, -0.2) is 46.6 Å². The van der Waals surface area contributed by atoms with Gasteiger partial charge in [0.15, 0.2) is 5.96 Å². The Balaban J connectivity index is 0.00000288. The maximum absolute atomic E-state index is 10.7. The van der Waals surface area contributed by atoms with Crippen LogP contribution >= 0.6 is 24.0 Å². The number of benzene rings is 1. The van der Waals surface area contributed by atoms with Crippen molar-refractivity contribution in [3.63, 3.8) is 0 Å². The Bertz CT molecular complexity index is 569. The number of nitro benzene ring substituents is 1. The standard InChI is InChI=1S/C16H22N4O3.HI/c1-2-9-17-16(19-10-7-15(21)8-11-19)18-12-13-3-5-14(6-4-13)20(22)23;/h2-6,15,21H,1,7-12H2,(H,17,18);1H. The zero-order chi connectivity index (χ0) is 16.7. The van der Waals surface area contributed by atoms with Crippen LogP contribution in [0, 0.1) is 10.1 Å². The van der Waals surface area contributed by atoms with Crippen molar-refractivity contribution < 1.29 is 10.0 Å². The van der Waals surface area contributed by atoms with Gasteiger partial charge in [-0.2, -0.15) is 0 Å². The van der Waals surface area contributed by atoms with E-state index in [1.807, 2.05) is 0 Å². The second kappa shape index (κ2) is 10.2. The van der Waals surface area contributed by atoms with Crippen LogP contribution in [0.5, 0.6) is 0 Å². The molecule has 1 aromatic rings. The highest BCUT2D eigenvalue weighted by atomic mass is 127. The fourth-order valence-electron chi connectivity index (χ4n) is 2.40. The minimum absolute atomic E-state index is 0. The lowest BCUT2D eigenvalue weighted by Gasteiger charge is -2.32. The van der Waals surface area contributed by atoms with Gasteiger partial charge in [0.05, 0.1) is 17.6 Å². The van der Waals surface area contributed by atoms with Gasteiger partial charge in [0.2, 0.25) is 0 Å². The molecule has 0 aliphatic carbocycles. The summed E-state index contributed by atoms with van der Waals surface area (Å²) in [6.45, 7) is 6.25. The third-order valence-corrected chi connectivity index (χ3v) is 3.73. The van der Waals surface area contributed by atoms with Crippen molar-refractivity contribution in [2.24, 2.45) is 4.99 Å². The van der Waals surface area contributed by atoms with Gasteiger partial charge in [0.25, 0.3) is 5.69 Å². The molecule has 8 heteroatoms. The zero-order valence-electron chi connectivity index (χ0n) is 13.4. The SMILES string of the molecule is C=CCNC(=NCc1ccc([N+](=O)[O-])cc1)N1CCC(O)CC1.I. The summed E-state index contributed by atoms with van der Waals surface area (Å²) in [5.74, 6) is 0.773. The van der Waals surface area contributed by atoms with E-state index in [2.05, 4.69) is 21.8 Å². The molecule has 1 saturated heterocycles. The third kappa shape index (κ3) is 6.08. The molecule has 0 unspecified atom stereocenters. The van der Waals surface area contributed by atoms with Gasteiger partial charge in [0.1, 0.15) is 0 Å². The van der Waals surface area contributed by atoms with E-state index in [9.17, 15) is 15.2 Å². The fraction of sp³-hybridized carbons (Fsp3) is 0.438. The molecule has 0 atom stereocenters. The highest BCUT2D eigenvalue weighted by Gasteiger charge is 2.19. The molecule has 0 radical (unpaired) electrons. The zero-order valence-corrected chi connectivity index (χ0v) is 15.8. The number of rotatable bonds is 5. The molecule has 132 valence electrons. The van der Waals surface area contributed by atoms with Crippen molar-refractivity contribution in [2.75, 3.05) is 19.6 Å². The molecule has 0 amide bonds. The van der Waals surface area contributed by atoms with Crippen LogP contribution in [0.25, 0.3) is 0 Å². The number of nitrogens with one attached hydrogen (secondary N) is 1. The Morgan fingerprint density at radius 2 is 2.04 bits per heavy atom. The van der Waals surface area contributed by atoms with Crippen LogP contribution in [-0.2, 0) is 6.54 Å². The lowest BCUT2D eigenvalue weighted by molar-refractivity contribution is -0.384. The number of halogens is 1. The third-order valence-electron chi connectivity index (χ3n) is 3.73. The van der Waals surface area contributed by atoms with E-state index >= 15 is 0 Å². The molecule has 24 heavy (non-hydrogen) atoms. The van der Waals surface area contributed by atoms with Gasteiger partial charge in [-0.1, -0.05) is 18.2 Å². The molecule has 1 aliphatic heterocycles. The topological polar surface area (TPSA) is 91.0 Å². The number of aliphatic hydroxyl groups excluding tert-OH is 1. The minimum atomic E-state index is -0.414. The van der Waals surface area contributed by atoms with Crippen LogP contribution in [0.4, 0.5) is 5.69 Å². The molecule has 0 saturated carbocycles. The van der Waals surface area contributed by atoms with Crippen molar-refractivity contribution in [3.8, 4) is 0 Å². The van der Waals surface area contributed by atoms with Crippen LogP contribution in [0.15, 0.2) is 41.9 Å². The highest BCUT2D eigenvalue weighted by molar-refractivity contribution is 14.0. The first-order valence-electron chi connectivity index (χ1n) is 7.65. The van der Waals surface area contributed by atoms with Gasteiger partial charge in [-0.15, -0.1) is 30.6 Å². The summed E-state index contributed by atoms with van der Waals surface area (Å²) >= 11 is 0. The number of non-ortho nitro benzene ring substituents is 1. The van der Waals surface area contributed by atoms with Crippen LogP contribution in [0.2, 0.25) is 0 Å². The quantitative estimate of drug-likeness (QED) is 0.181. The molecule has 0 bridgehead atoms. The molecule has 1 heterocycles. The first-order valence-corrected chi connectivity index (χ1v) is 7.65. The maximum Gasteiger partial charge on any atom is 0.269 e. The maximum atomic E-state index is 10.7. The van der Waals surface area contributed by atoms with E-state index in [-0.39, 0.29) is 35.8 Å². The summed E-state index contributed by atoms with van der Waals surface area (Å²) in [6.07, 6.45) is 2.99.